The molecule has 0 aromatic heterocycles. The van der Waals surface area contributed by atoms with Crippen LogP contribution in [0.3, 0.4) is 0 Å². The first kappa shape index (κ1) is 12.0. The highest BCUT2D eigenvalue weighted by atomic mass is 15.2. The van der Waals surface area contributed by atoms with Crippen LogP contribution in [0.15, 0.2) is 0 Å². The number of nitrogens with one attached hydrogen (secondary N) is 1. The fourth-order valence-electron chi connectivity index (χ4n) is 3.88. The van der Waals surface area contributed by atoms with Gasteiger partial charge in [0.1, 0.15) is 0 Å². The van der Waals surface area contributed by atoms with Gasteiger partial charge in [0.2, 0.25) is 0 Å². The van der Waals surface area contributed by atoms with E-state index in [1.165, 1.54) is 71.0 Å². The van der Waals surface area contributed by atoms with Crippen molar-refractivity contribution in [1.29, 1.82) is 0 Å². The molecule has 3 rings (SSSR count). The summed E-state index contributed by atoms with van der Waals surface area (Å²) in [4.78, 5) is 2.84. The van der Waals surface area contributed by atoms with Gasteiger partial charge < -0.3 is 5.32 Å². The fraction of sp³-hybridized carbons (Fsp3) is 1.00. The summed E-state index contributed by atoms with van der Waals surface area (Å²) >= 11 is 0. The minimum absolute atomic E-state index is 0.525. The first-order valence-electron chi connectivity index (χ1n) is 7.76. The van der Waals surface area contributed by atoms with Gasteiger partial charge in [-0.15, -0.1) is 0 Å². The van der Waals surface area contributed by atoms with Gasteiger partial charge in [0.15, 0.2) is 0 Å². The molecule has 0 aromatic rings. The molecule has 1 heterocycles. The Morgan fingerprint density at radius 1 is 1.06 bits per heavy atom. The molecule has 3 aliphatic rings. The molecule has 2 heteroatoms. The zero-order valence-corrected chi connectivity index (χ0v) is 11.4. The van der Waals surface area contributed by atoms with Crippen LogP contribution in [0.1, 0.15) is 58.3 Å². The van der Waals surface area contributed by atoms with E-state index in [2.05, 4.69) is 17.1 Å². The zero-order chi connectivity index (χ0) is 11.7. The topological polar surface area (TPSA) is 15.3 Å². The lowest BCUT2D eigenvalue weighted by Crippen LogP contribution is -2.51. The van der Waals surface area contributed by atoms with Crippen LogP contribution in [0.5, 0.6) is 0 Å². The van der Waals surface area contributed by atoms with Gasteiger partial charge in [-0.1, -0.05) is 19.3 Å². The van der Waals surface area contributed by atoms with E-state index in [9.17, 15) is 0 Å². The standard InChI is InChI=1S/C15H28N2/c1-15(8-3-2-4-9-15)17-11-5-10-16-14(12-17)13-6-7-13/h13-14,16H,2-12H2,1H3. The molecule has 0 bridgehead atoms. The molecule has 0 aromatic carbocycles. The Hall–Kier alpha value is -0.0800. The van der Waals surface area contributed by atoms with Gasteiger partial charge in [-0.3, -0.25) is 4.90 Å². The minimum atomic E-state index is 0.525. The minimum Gasteiger partial charge on any atom is -0.312 e. The van der Waals surface area contributed by atoms with Crippen molar-refractivity contribution in [3.8, 4) is 0 Å². The Balaban J connectivity index is 1.66. The van der Waals surface area contributed by atoms with E-state index in [0.717, 1.165) is 12.0 Å². The molecule has 1 unspecified atom stereocenters. The van der Waals surface area contributed by atoms with Crippen LogP contribution < -0.4 is 5.32 Å². The summed E-state index contributed by atoms with van der Waals surface area (Å²) < 4.78 is 0. The SMILES string of the molecule is CC1(N2CCCNC(C3CC3)C2)CCCCC1. The molecule has 17 heavy (non-hydrogen) atoms. The molecule has 1 N–H and O–H groups in total. The summed E-state index contributed by atoms with van der Waals surface area (Å²) in [7, 11) is 0. The van der Waals surface area contributed by atoms with Gasteiger partial charge >= 0.3 is 0 Å². The average molecular weight is 236 g/mol. The van der Waals surface area contributed by atoms with Crippen LogP contribution in [-0.2, 0) is 0 Å². The summed E-state index contributed by atoms with van der Waals surface area (Å²) in [6.45, 7) is 6.42. The molecule has 2 aliphatic carbocycles. The maximum Gasteiger partial charge on any atom is 0.0223 e. The fourth-order valence-corrected chi connectivity index (χ4v) is 3.88. The van der Waals surface area contributed by atoms with Crippen LogP contribution in [-0.4, -0.2) is 36.1 Å². The highest BCUT2D eigenvalue weighted by Gasteiger charge is 2.39. The van der Waals surface area contributed by atoms with E-state index < -0.39 is 0 Å². The Labute approximate surface area is 106 Å². The second-order valence-electron chi connectivity index (χ2n) is 6.76. The third-order valence-corrected chi connectivity index (χ3v) is 5.31. The second kappa shape index (κ2) is 4.89. The molecular weight excluding hydrogens is 208 g/mol. The highest BCUT2D eigenvalue weighted by molar-refractivity contribution is 4.96. The van der Waals surface area contributed by atoms with E-state index in [1.807, 2.05) is 0 Å². The smallest absolute Gasteiger partial charge is 0.0223 e. The van der Waals surface area contributed by atoms with E-state index in [4.69, 9.17) is 0 Å². The molecule has 1 saturated heterocycles. The molecule has 2 nitrogen and oxygen atoms in total. The Bertz CT molecular complexity index is 254. The summed E-state index contributed by atoms with van der Waals surface area (Å²) in [5, 5.41) is 3.79. The Kier molecular flexibility index (Phi) is 3.45. The third-order valence-electron chi connectivity index (χ3n) is 5.31. The lowest BCUT2D eigenvalue weighted by molar-refractivity contribution is 0.0624. The molecule has 0 amide bonds. The van der Waals surface area contributed by atoms with Gasteiger partial charge in [-0.05, 0) is 58.0 Å². The van der Waals surface area contributed by atoms with Gasteiger partial charge in [0, 0.05) is 18.1 Å². The maximum absolute atomic E-state index is 3.79. The van der Waals surface area contributed by atoms with Gasteiger partial charge in [-0.25, -0.2) is 0 Å². The number of rotatable bonds is 2. The summed E-state index contributed by atoms with van der Waals surface area (Å²) in [5.41, 5.74) is 0.525. The predicted molar refractivity (Wildman–Crippen MR) is 72.2 cm³/mol. The molecule has 1 aliphatic heterocycles. The maximum atomic E-state index is 3.79. The van der Waals surface area contributed by atoms with Crippen molar-refractivity contribution in [2.45, 2.75) is 69.9 Å². The van der Waals surface area contributed by atoms with E-state index in [-0.39, 0.29) is 0 Å². The van der Waals surface area contributed by atoms with Crippen molar-refractivity contribution in [3.05, 3.63) is 0 Å². The van der Waals surface area contributed by atoms with Crippen LogP contribution >= 0.6 is 0 Å². The molecule has 0 radical (unpaired) electrons. The zero-order valence-electron chi connectivity index (χ0n) is 11.4. The monoisotopic (exact) mass is 236 g/mol. The Morgan fingerprint density at radius 2 is 1.82 bits per heavy atom. The molecule has 3 fully saturated rings. The first-order valence-corrected chi connectivity index (χ1v) is 7.76. The highest BCUT2D eigenvalue weighted by Crippen LogP contribution is 2.37. The largest absolute Gasteiger partial charge is 0.312 e. The van der Waals surface area contributed by atoms with Gasteiger partial charge in [0.25, 0.3) is 0 Å². The quantitative estimate of drug-likeness (QED) is 0.793. The summed E-state index contributed by atoms with van der Waals surface area (Å²) in [5.74, 6) is 1.00. The van der Waals surface area contributed by atoms with Gasteiger partial charge in [-0.2, -0.15) is 0 Å². The average Bonchev–Trinajstić information content (AvgIpc) is 3.16. The van der Waals surface area contributed by atoms with Crippen molar-refractivity contribution >= 4 is 0 Å². The van der Waals surface area contributed by atoms with Crippen LogP contribution in [0.4, 0.5) is 0 Å². The first-order chi connectivity index (χ1) is 8.28. The summed E-state index contributed by atoms with van der Waals surface area (Å²) in [6.07, 6.45) is 11.5. The van der Waals surface area contributed by atoms with Crippen molar-refractivity contribution in [3.63, 3.8) is 0 Å². The van der Waals surface area contributed by atoms with Crippen molar-refractivity contribution in [2.75, 3.05) is 19.6 Å². The van der Waals surface area contributed by atoms with Crippen molar-refractivity contribution in [2.24, 2.45) is 5.92 Å². The molecule has 0 spiro atoms. The summed E-state index contributed by atoms with van der Waals surface area (Å²) in [6, 6.07) is 0.802. The molecule has 1 atom stereocenters. The van der Waals surface area contributed by atoms with E-state index in [0.29, 0.717) is 5.54 Å². The van der Waals surface area contributed by atoms with Crippen molar-refractivity contribution in [1.82, 2.24) is 10.2 Å². The predicted octanol–water partition coefficient (Wildman–Crippen LogP) is 2.78. The van der Waals surface area contributed by atoms with Crippen LogP contribution in [0, 0.1) is 5.92 Å². The van der Waals surface area contributed by atoms with Crippen LogP contribution in [0.25, 0.3) is 0 Å². The number of hydrogen-bond donors (Lipinski definition) is 1. The molecule has 98 valence electrons. The Morgan fingerprint density at radius 3 is 2.53 bits per heavy atom. The van der Waals surface area contributed by atoms with Crippen LogP contribution in [0.2, 0.25) is 0 Å². The third kappa shape index (κ3) is 2.68. The van der Waals surface area contributed by atoms with Crippen molar-refractivity contribution < 1.29 is 0 Å². The number of nitrogens with zero attached hydrogens (tertiary/aromatic N) is 1. The molecule has 2 saturated carbocycles. The lowest BCUT2D eigenvalue weighted by Gasteiger charge is -2.44. The number of hydrogen-bond acceptors (Lipinski definition) is 2. The lowest BCUT2D eigenvalue weighted by atomic mass is 9.81. The van der Waals surface area contributed by atoms with Gasteiger partial charge in [0.05, 0.1) is 0 Å². The normalized spacial score (nSPS) is 35.5. The van der Waals surface area contributed by atoms with E-state index in [1.54, 1.807) is 0 Å². The van der Waals surface area contributed by atoms with E-state index >= 15 is 0 Å². The molecular formula is C15H28N2. The second-order valence-corrected chi connectivity index (χ2v) is 6.76.